The summed E-state index contributed by atoms with van der Waals surface area (Å²) in [6.07, 6.45) is 1.21. The SMILES string of the molecule is CC(C)(C)NC(=O)Nc1nc2nc(Nc3ccc4c(c3)OC(CN)O4)ncc2cc1-c1ccccc1. The van der Waals surface area contributed by atoms with E-state index in [9.17, 15) is 4.79 Å². The first-order chi connectivity index (χ1) is 17.3. The van der Waals surface area contributed by atoms with Crippen LogP contribution in [0.1, 0.15) is 20.8 Å². The van der Waals surface area contributed by atoms with Gasteiger partial charge in [0.1, 0.15) is 5.82 Å². The fourth-order valence-corrected chi connectivity index (χ4v) is 3.74. The van der Waals surface area contributed by atoms with E-state index in [1.54, 1.807) is 18.3 Å². The summed E-state index contributed by atoms with van der Waals surface area (Å²) in [4.78, 5) is 26.4. The minimum Gasteiger partial charge on any atom is -0.450 e. The van der Waals surface area contributed by atoms with Crippen LogP contribution in [0.25, 0.3) is 22.2 Å². The maximum atomic E-state index is 12.7. The molecule has 0 fully saturated rings. The van der Waals surface area contributed by atoms with Gasteiger partial charge < -0.3 is 25.8 Å². The van der Waals surface area contributed by atoms with E-state index in [1.165, 1.54) is 0 Å². The van der Waals surface area contributed by atoms with Crippen LogP contribution in [0.3, 0.4) is 0 Å². The van der Waals surface area contributed by atoms with Gasteiger partial charge in [-0.25, -0.2) is 14.8 Å². The van der Waals surface area contributed by atoms with Gasteiger partial charge >= 0.3 is 6.03 Å². The molecule has 2 aromatic carbocycles. The Morgan fingerprint density at radius 1 is 1.03 bits per heavy atom. The number of aromatic nitrogens is 3. The Morgan fingerprint density at radius 2 is 1.81 bits per heavy atom. The lowest BCUT2D eigenvalue weighted by molar-refractivity contribution is 0.0581. The number of amides is 2. The average molecular weight is 486 g/mol. The van der Waals surface area contributed by atoms with Crippen molar-refractivity contribution >= 4 is 34.5 Å². The number of nitrogens with one attached hydrogen (secondary N) is 3. The number of pyridine rings is 1. The molecule has 4 aromatic rings. The average Bonchev–Trinajstić information content (AvgIpc) is 3.25. The molecule has 184 valence electrons. The maximum absolute atomic E-state index is 12.7. The summed E-state index contributed by atoms with van der Waals surface area (Å²) in [6.45, 7) is 5.99. The zero-order valence-corrected chi connectivity index (χ0v) is 20.2. The summed E-state index contributed by atoms with van der Waals surface area (Å²) >= 11 is 0. The van der Waals surface area contributed by atoms with Crippen LogP contribution in [0.4, 0.5) is 22.2 Å². The van der Waals surface area contributed by atoms with Gasteiger partial charge in [-0.15, -0.1) is 0 Å². The number of hydrogen-bond donors (Lipinski definition) is 4. The lowest BCUT2D eigenvalue weighted by atomic mass is 10.1. The van der Waals surface area contributed by atoms with Gasteiger partial charge in [-0.1, -0.05) is 30.3 Å². The van der Waals surface area contributed by atoms with E-state index in [2.05, 4.69) is 30.9 Å². The normalized spacial score (nSPS) is 14.5. The van der Waals surface area contributed by atoms with Gasteiger partial charge in [-0.2, -0.15) is 4.98 Å². The highest BCUT2D eigenvalue weighted by Crippen LogP contribution is 2.37. The molecule has 0 aliphatic carbocycles. The van der Waals surface area contributed by atoms with Crippen LogP contribution < -0.4 is 31.2 Å². The molecule has 36 heavy (non-hydrogen) atoms. The molecular formula is C26H27N7O3. The Kier molecular flexibility index (Phi) is 6.03. The second kappa shape index (κ2) is 9.31. The van der Waals surface area contributed by atoms with Crippen molar-refractivity contribution in [3.05, 3.63) is 60.8 Å². The minimum absolute atomic E-state index is 0.256. The van der Waals surface area contributed by atoms with Gasteiger partial charge in [0.2, 0.25) is 5.95 Å². The number of nitrogens with two attached hydrogens (primary N) is 1. The lowest BCUT2D eigenvalue weighted by Gasteiger charge is -2.21. The number of rotatable bonds is 5. The number of anilines is 3. The molecule has 1 atom stereocenters. The second-order valence-corrected chi connectivity index (χ2v) is 9.37. The highest BCUT2D eigenvalue weighted by Gasteiger charge is 2.23. The highest BCUT2D eigenvalue weighted by atomic mass is 16.7. The molecule has 2 aromatic heterocycles. The molecule has 2 amide bonds. The summed E-state index contributed by atoms with van der Waals surface area (Å²) < 4.78 is 11.2. The zero-order chi connectivity index (χ0) is 25.3. The standard InChI is InChI=1S/C26H27N7O3/c1-26(2,3)33-25(34)32-23-18(15-7-5-4-6-8-15)11-16-14-28-24(31-22(16)30-23)29-17-9-10-19-20(12-17)36-21(13-27)35-19/h4-12,14,21H,13,27H2,1-3H3,(H3,28,29,30,31,32,33,34). The van der Waals surface area contributed by atoms with Crippen LogP contribution in [0.15, 0.2) is 60.8 Å². The topological polar surface area (TPSA) is 136 Å². The first-order valence-corrected chi connectivity index (χ1v) is 11.5. The van der Waals surface area contributed by atoms with Crippen LogP contribution in [0.2, 0.25) is 0 Å². The third-order valence-electron chi connectivity index (χ3n) is 5.28. The smallest absolute Gasteiger partial charge is 0.320 e. The molecule has 1 aliphatic rings. The van der Waals surface area contributed by atoms with E-state index in [-0.39, 0.29) is 12.6 Å². The van der Waals surface area contributed by atoms with Gasteiger partial charge in [0, 0.05) is 34.4 Å². The quantitative estimate of drug-likeness (QED) is 0.326. The number of fused-ring (bicyclic) bond motifs is 2. The molecule has 3 heterocycles. The van der Waals surface area contributed by atoms with Gasteiger partial charge in [0.05, 0.1) is 6.54 Å². The zero-order valence-electron chi connectivity index (χ0n) is 20.2. The van der Waals surface area contributed by atoms with E-state index < -0.39 is 11.8 Å². The Bertz CT molecular complexity index is 1420. The fourth-order valence-electron chi connectivity index (χ4n) is 3.74. The summed E-state index contributed by atoms with van der Waals surface area (Å²) in [5.41, 5.74) is 8.06. The van der Waals surface area contributed by atoms with Crippen LogP contribution in [-0.4, -0.2) is 39.4 Å². The number of carbonyl (C=O) groups is 1. The molecule has 5 N–H and O–H groups in total. The second-order valence-electron chi connectivity index (χ2n) is 9.37. The Hall–Kier alpha value is -4.44. The number of benzene rings is 2. The third-order valence-corrected chi connectivity index (χ3v) is 5.28. The molecule has 0 saturated heterocycles. The molecule has 10 nitrogen and oxygen atoms in total. The van der Waals surface area contributed by atoms with Crippen molar-refractivity contribution in [2.75, 3.05) is 17.2 Å². The number of nitrogens with zero attached hydrogens (tertiary/aromatic N) is 3. The Labute approximate surface area is 208 Å². The molecule has 10 heteroatoms. The third kappa shape index (κ3) is 5.13. The van der Waals surface area contributed by atoms with Crippen molar-refractivity contribution in [2.24, 2.45) is 5.73 Å². The maximum Gasteiger partial charge on any atom is 0.320 e. The predicted molar refractivity (Wildman–Crippen MR) is 138 cm³/mol. The Balaban J connectivity index is 1.47. The first kappa shape index (κ1) is 23.3. The van der Waals surface area contributed by atoms with Crippen molar-refractivity contribution in [2.45, 2.75) is 32.6 Å². The van der Waals surface area contributed by atoms with Crippen LogP contribution >= 0.6 is 0 Å². The summed E-state index contributed by atoms with van der Waals surface area (Å²) in [7, 11) is 0. The van der Waals surface area contributed by atoms with Gasteiger partial charge in [0.15, 0.2) is 17.1 Å². The van der Waals surface area contributed by atoms with Crippen molar-refractivity contribution in [3.8, 4) is 22.6 Å². The minimum atomic E-state index is -0.489. The van der Waals surface area contributed by atoms with Crippen molar-refractivity contribution in [1.29, 1.82) is 0 Å². The predicted octanol–water partition coefficient (Wildman–Crippen LogP) is 4.41. The number of ether oxygens (including phenoxy) is 2. The molecule has 1 unspecified atom stereocenters. The van der Waals surface area contributed by atoms with E-state index in [0.29, 0.717) is 28.9 Å². The molecule has 5 rings (SSSR count). The molecule has 0 radical (unpaired) electrons. The summed E-state index contributed by atoms with van der Waals surface area (Å²) in [6, 6.07) is 16.7. The van der Waals surface area contributed by atoms with E-state index >= 15 is 0 Å². The molecular weight excluding hydrogens is 458 g/mol. The highest BCUT2D eigenvalue weighted by molar-refractivity contribution is 5.96. The van der Waals surface area contributed by atoms with E-state index in [1.807, 2.05) is 63.2 Å². The first-order valence-electron chi connectivity index (χ1n) is 11.5. The van der Waals surface area contributed by atoms with Crippen molar-refractivity contribution in [1.82, 2.24) is 20.3 Å². The summed E-state index contributed by atoms with van der Waals surface area (Å²) in [5.74, 6) is 1.98. The lowest BCUT2D eigenvalue weighted by Crippen LogP contribution is -2.43. The van der Waals surface area contributed by atoms with Crippen LogP contribution in [0.5, 0.6) is 11.5 Å². The van der Waals surface area contributed by atoms with E-state index in [4.69, 9.17) is 15.2 Å². The molecule has 0 saturated carbocycles. The summed E-state index contributed by atoms with van der Waals surface area (Å²) in [5, 5.41) is 9.68. The van der Waals surface area contributed by atoms with Crippen molar-refractivity contribution in [3.63, 3.8) is 0 Å². The van der Waals surface area contributed by atoms with E-state index in [0.717, 1.165) is 22.2 Å². The molecule has 0 bridgehead atoms. The fraction of sp³-hybridized carbons (Fsp3) is 0.231. The Morgan fingerprint density at radius 3 is 2.56 bits per heavy atom. The molecule has 1 aliphatic heterocycles. The van der Waals surface area contributed by atoms with Gasteiger partial charge in [-0.05, 0) is 44.5 Å². The number of carbonyl (C=O) groups excluding carboxylic acids is 1. The largest absolute Gasteiger partial charge is 0.450 e. The van der Waals surface area contributed by atoms with Crippen LogP contribution in [0, 0.1) is 0 Å². The van der Waals surface area contributed by atoms with Gasteiger partial charge in [-0.3, -0.25) is 5.32 Å². The van der Waals surface area contributed by atoms with Crippen LogP contribution in [-0.2, 0) is 0 Å². The number of urea groups is 1. The molecule has 0 spiro atoms. The van der Waals surface area contributed by atoms with Gasteiger partial charge in [0.25, 0.3) is 6.29 Å². The monoisotopic (exact) mass is 485 g/mol. The number of hydrogen-bond acceptors (Lipinski definition) is 8. The van der Waals surface area contributed by atoms with Crippen molar-refractivity contribution < 1.29 is 14.3 Å².